The molecule has 1 atom stereocenters. The van der Waals surface area contributed by atoms with E-state index in [1.165, 1.54) is 0 Å². The van der Waals surface area contributed by atoms with Gasteiger partial charge in [0.1, 0.15) is 5.75 Å². The van der Waals surface area contributed by atoms with E-state index < -0.39 is 11.2 Å². The summed E-state index contributed by atoms with van der Waals surface area (Å²) in [6.07, 6.45) is 1.82. The maximum absolute atomic E-state index is 12.2. The van der Waals surface area contributed by atoms with Crippen LogP contribution in [-0.2, 0) is 11.2 Å². The first kappa shape index (κ1) is 14.0. The number of nitrogens with zero attached hydrogens (tertiary/aromatic N) is 2. The van der Waals surface area contributed by atoms with E-state index in [2.05, 4.69) is 9.97 Å². The molecule has 4 heteroatoms. The highest BCUT2D eigenvalue weighted by Crippen LogP contribution is 2.26. The molecule has 0 aliphatic carbocycles. The molecular formula is C17H16N2OS. The number of aryl methyl sites for hydroxylation is 1. The van der Waals surface area contributed by atoms with Gasteiger partial charge in [0.25, 0.3) is 0 Å². The van der Waals surface area contributed by atoms with Gasteiger partial charge in [0, 0.05) is 11.6 Å². The van der Waals surface area contributed by atoms with E-state index in [0.29, 0.717) is 11.6 Å². The van der Waals surface area contributed by atoms with Crippen molar-refractivity contribution < 1.29 is 4.55 Å². The predicted octanol–water partition coefficient (Wildman–Crippen LogP) is 3.73. The maximum Gasteiger partial charge on any atom is 0.164 e. The Bertz CT molecular complexity index is 789. The van der Waals surface area contributed by atoms with Crippen LogP contribution < -0.4 is 0 Å². The van der Waals surface area contributed by atoms with Crippen molar-refractivity contribution in [1.29, 1.82) is 0 Å². The molecule has 0 saturated heterocycles. The normalized spacial score (nSPS) is 12.5. The van der Waals surface area contributed by atoms with Crippen LogP contribution in [0.5, 0.6) is 0 Å². The molecule has 2 aromatic carbocycles. The fourth-order valence-corrected chi connectivity index (χ4v) is 3.21. The van der Waals surface area contributed by atoms with Gasteiger partial charge in [0.15, 0.2) is 10.7 Å². The van der Waals surface area contributed by atoms with Crippen LogP contribution in [0, 0.1) is 6.92 Å². The van der Waals surface area contributed by atoms with Gasteiger partial charge in [0.05, 0.1) is 11.1 Å². The van der Waals surface area contributed by atoms with E-state index in [-0.39, 0.29) is 0 Å². The van der Waals surface area contributed by atoms with Crippen molar-refractivity contribution in [1.82, 2.24) is 9.97 Å². The Balaban J connectivity index is 2.16. The molecule has 0 aliphatic heterocycles. The first-order valence-corrected chi connectivity index (χ1v) is 8.22. The van der Waals surface area contributed by atoms with Crippen LogP contribution in [0.4, 0.5) is 0 Å². The molecule has 0 saturated carbocycles. The second kappa shape index (κ2) is 5.84. The average Bonchev–Trinajstić information content (AvgIpc) is 2.53. The Morgan fingerprint density at radius 1 is 1.14 bits per heavy atom. The van der Waals surface area contributed by atoms with Crippen molar-refractivity contribution in [2.24, 2.45) is 0 Å². The Labute approximate surface area is 127 Å². The minimum Gasteiger partial charge on any atom is -0.611 e. The quantitative estimate of drug-likeness (QED) is 0.692. The van der Waals surface area contributed by atoms with Crippen molar-refractivity contribution in [3.8, 4) is 11.4 Å². The number of fused-ring (bicyclic) bond motifs is 1. The highest BCUT2D eigenvalue weighted by molar-refractivity contribution is 7.91. The highest BCUT2D eigenvalue weighted by atomic mass is 32.2. The topological polar surface area (TPSA) is 48.8 Å². The summed E-state index contributed by atoms with van der Waals surface area (Å²) in [4.78, 5) is 9.87. The van der Waals surface area contributed by atoms with Crippen molar-refractivity contribution in [3.05, 3.63) is 54.2 Å². The smallest absolute Gasteiger partial charge is 0.164 e. The molecule has 3 nitrogen and oxygen atoms in total. The minimum atomic E-state index is -1.02. The van der Waals surface area contributed by atoms with E-state index in [4.69, 9.17) is 0 Å². The fourth-order valence-electron chi connectivity index (χ4n) is 2.27. The van der Waals surface area contributed by atoms with E-state index >= 15 is 0 Å². The molecule has 0 N–H and O–H groups in total. The molecule has 0 amide bonds. The molecule has 0 fully saturated rings. The van der Waals surface area contributed by atoms with E-state index in [0.717, 1.165) is 26.9 Å². The van der Waals surface area contributed by atoms with Crippen LogP contribution in [0.3, 0.4) is 0 Å². The summed E-state index contributed by atoms with van der Waals surface area (Å²) in [5.74, 6) is 1.22. The molecule has 21 heavy (non-hydrogen) atoms. The van der Waals surface area contributed by atoms with E-state index in [9.17, 15) is 4.55 Å². The van der Waals surface area contributed by atoms with Crippen molar-refractivity contribution in [3.63, 3.8) is 0 Å². The van der Waals surface area contributed by atoms with Gasteiger partial charge in [0.2, 0.25) is 0 Å². The lowest BCUT2D eigenvalue weighted by Crippen LogP contribution is -2.06. The van der Waals surface area contributed by atoms with Gasteiger partial charge < -0.3 is 4.55 Å². The zero-order valence-corrected chi connectivity index (χ0v) is 12.9. The van der Waals surface area contributed by atoms with Crippen molar-refractivity contribution >= 4 is 22.1 Å². The fraction of sp³-hybridized carbons (Fsp3) is 0.176. The third-order valence-corrected chi connectivity index (χ3v) is 4.74. The van der Waals surface area contributed by atoms with Gasteiger partial charge in [-0.3, -0.25) is 0 Å². The summed E-state index contributed by atoms with van der Waals surface area (Å²) in [5, 5.41) is 1.01. The summed E-state index contributed by atoms with van der Waals surface area (Å²) in [6, 6.07) is 13.8. The highest BCUT2D eigenvalue weighted by Gasteiger charge is 2.17. The number of hydrogen-bond acceptors (Lipinski definition) is 3. The SMILES string of the molecule is CC[S+]([O-])c1ccccc1-c1ncc2ccc(C)cc2n1. The molecule has 3 rings (SSSR count). The lowest BCUT2D eigenvalue weighted by molar-refractivity contribution is 0.596. The Kier molecular flexibility index (Phi) is 3.90. The van der Waals surface area contributed by atoms with Crippen LogP contribution in [0.15, 0.2) is 53.6 Å². The zero-order valence-electron chi connectivity index (χ0n) is 12.0. The van der Waals surface area contributed by atoms with Crippen LogP contribution >= 0.6 is 0 Å². The Hall–Kier alpha value is -1.91. The lowest BCUT2D eigenvalue weighted by atomic mass is 10.1. The van der Waals surface area contributed by atoms with E-state index in [1.807, 2.05) is 62.5 Å². The second-order valence-corrected chi connectivity index (χ2v) is 6.59. The summed E-state index contributed by atoms with van der Waals surface area (Å²) >= 11 is -1.02. The summed E-state index contributed by atoms with van der Waals surface area (Å²) in [7, 11) is 0. The molecule has 0 bridgehead atoms. The zero-order chi connectivity index (χ0) is 14.8. The molecule has 1 aromatic heterocycles. The molecule has 0 spiro atoms. The van der Waals surface area contributed by atoms with Crippen LogP contribution in [-0.4, -0.2) is 20.3 Å². The Morgan fingerprint density at radius 2 is 1.95 bits per heavy atom. The number of rotatable bonds is 3. The largest absolute Gasteiger partial charge is 0.611 e. The molecular weight excluding hydrogens is 280 g/mol. The van der Waals surface area contributed by atoms with Gasteiger partial charge in [-0.25, -0.2) is 9.97 Å². The number of aromatic nitrogens is 2. The number of benzene rings is 2. The van der Waals surface area contributed by atoms with Gasteiger partial charge >= 0.3 is 0 Å². The van der Waals surface area contributed by atoms with Crippen molar-refractivity contribution in [2.45, 2.75) is 18.7 Å². The van der Waals surface area contributed by atoms with Gasteiger partial charge in [-0.2, -0.15) is 0 Å². The van der Waals surface area contributed by atoms with E-state index in [1.54, 1.807) is 0 Å². The summed E-state index contributed by atoms with van der Waals surface area (Å²) in [5.41, 5.74) is 2.93. The first-order valence-electron chi connectivity index (χ1n) is 6.90. The lowest BCUT2D eigenvalue weighted by Gasteiger charge is -2.12. The standard InChI is InChI=1S/C17H16N2OS/c1-3-21(20)16-7-5-4-6-14(16)17-18-11-13-9-8-12(2)10-15(13)19-17/h4-11H,3H2,1-2H3. The second-order valence-electron chi connectivity index (χ2n) is 4.89. The molecule has 1 heterocycles. The Morgan fingerprint density at radius 3 is 2.76 bits per heavy atom. The molecule has 1 unspecified atom stereocenters. The number of hydrogen-bond donors (Lipinski definition) is 0. The van der Waals surface area contributed by atoms with Crippen LogP contribution in [0.2, 0.25) is 0 Å². The first-order chi connectivity index (χ1) is 10.2. The third-order valence-electron chi connectivity index (χ3n) is 3.37. The summed E-state index contributed by atoms with van der Waals surface area (Å²) < 4.78 is 12.2. The molecule has 3 aromatic rings. The van der Waals surface area contributed by atoms with Gasteiger partial charge in [-0.05, 0) is 48.8 Å². The van der Waals surface area contributed by atoms with Gasteiger partial charge in [-0.1, -0.05) is 24.3 Å². The van der Waals surface area contributed by atoms with Crippen LogP contribution in [0.25, 0.3) is 22.3 Å². The maximum atomic E-state index is 12.2. The molecule has 0 aliphatic rings. The van der Waals surface area contributed by atoms with Gasteiger partial charge in [-0.15, -0.1) is 0 Å². The average molecular weight is 296 g/mol. The summed E-state index contributed by atoms with van der Waals surface area (Å²) in [6.45, 7) is 3.96. The molecule has 0 radical (unpaired) electrons. The molecule has 106 valence electrons. The third kappa shape index (κ3) is 2.77. The minimum absolute atomic E-state index is 0.587. The predicted molar refractivity (Wildman–Crippen MR) is 86.7 cm³/mol. The monoisotopic (exact) mass is 296 g/mol. The van der Waals surface area contributed by atoms with Crippen LogP contribution in [0.1, 0.15) is 12.5 Å². The van der Waals surface area contributed by atoms with Crippen molar-refractivity contribution in [2.75, 3.05) is 5.75 Å².